The molecule has 10 nitrogen and oxygen atoms in total. The van der Waals surface area contributed by atoms with Crippen LogP contribution in [0.25, 0.3) is 0 Å². The maximum atomic E-state index is 10.2. The zero-order chi connectivity index (χ0) is 38.7. The minimum atomic E-state index is -4.58. The van der Waals surface area contributed by atoms with Crippen LogP contribution in [0.3, 0.4) is 0 Å². The fraction of sp³-hybridized carbons (Fsp3) is 1.00. The molecule has 0 aliphatic rings. The van der Waals surface area contributed by atoms with Gasteiger partial charge in [0.2, 0.25) is 20.8 Å². The molecular formula is C40H82MgO10S2. The maximum absolute atomic E-state index is 10.2. The van der Waals surface area contributed by atoms with Gasteiger partial charge in [0.1, 0.15) is 0 Å². The molecule has 0 atom stereocenters. The summed E-state index contributed by atoms with van der Waals surface area (Å²) in [6, 6.07) is 0. The van der Waals surface area contributed by atoms with Crippen LogP contribution in [0.1, 0.15) is 219 Å². The fourth-order valence-electron chi connectivity index (χ4n) is 6.10. The molecule has 0 aromatic heterocycles. The van der Waals surface area contributed by atoms with Gasteiger partial charge < -0.3 is 18.6 Å². The first-order valence-electron chi connectivity index (χ1n) is 21.5. The molecule has 0 aromatic carbocycles. The molecular weight excluding hydrogens is 729 g/mol. The summed E-state index contributed by atoms with van der Waals surface area (Å²) in [5.41, 5.74) is 0. The van der Waals surface area contributed by atoms with E-state index in [9.17, 15) is 25.9 Å². The van der Waals surface area contributed by atoms with Gasteiger partial charge in [0.05, 0.1) is 26.4 Å². The Morgan fingerprint density at radius 1 is 0.302 bits per heavy atom. The molecule has 13 heteroatoms. The van der Waals surface area contributed by atoms with Gasteiger partial charge >= 0.3 is 23.1 Å². The summed E-state index contributed by atoms with van der Waals surface area (Å²) < 4.78 is 79.7. The summed E-state index contributed by atoms with van der Waals surface area (Å²) in [6.07, 6.45) is 42.6. The normalized spacial score (nSPS) is 11.7. The summed E-state index contributed by atoms with van der Waals surface area (Å²) >= 11 is 0. The predicted octanol–water partition coefficient (Wildman–Crippen LogP) is 11.1. The van der Waals surface area contributed by atoms with Crippen molar-refractivity contribution in [3.05, 3.63) is 0 Å². The van der Waals surface area contributed by atoms with E-state index < -0.39 is 20.8 Å². The molecule has 0 bridgehead atoms. The molecule has 0 amide bonds. The van der Waals surface area contributed by atoms with Crippen LogP contribution in [0.4, 0.5) is 0 Å². The van der Waals surface area contributed by atoms with Gasteiger partial charge in [-0.05, 0) is 12.8 Å². The van der Waals surface area contributed by atoms with Gasteiger partial charge in [-0.25, -0.2) is 16.8 Å². The molecule has 0 unspecified atom stereocenters. The molecule has 316 valence electrons. The van der Waals surface area contributed by atoms with Crippen molar-refractivity contribution in [1.82, 2.24) is 0 Å². The van der Waals surface area contributed by atoms with Crippen molar-refractivity contribution in [2.45, 2.75) is 219 Å². The third-order valence-corrected chi connectivity index (χ3v) is 10.1. The topological polar surface area (TPSA) is 151 Å². The summed E-state index contributed by atoms with van der Waals surface area (Å²) in [5, 5.41) is 0. The van der Waals surface area contributed by atoms with Crippen LogP contribution in [-0.4, -0.2) is 88.6 Å². The number of rotatable bonds is 42. The average molecular weight is 812 g/mol. The van der Waals surface area contributed by atoms with Crippen molar-refractivity contribution < 1.29 is 43.8 Å². The second kappa shape index (κ2) is 46.8. The Morgan fingerprint density at radius 2 is 0.491 bits per heavy atom. The van der Waals surface area contributed by atoms with E-state index >= 15 is 0 Å². The molecule has 0 aromatic rings. The van der Waals surface area contributed by atoms with Gasteiger partial charge in [0.25, 0.3) is 0 Å². The summed E-state index contributed by atoms with van der Waals surface area (Å²) in [5.74, 6) is 0. The second-order valence-corrected chi connectivity index (χ2v) is 16.4. The average Bonchev–Trinajstić information content (AvgIpc) is 3.09. The smallest absolute Gasteiger partial charge is 0.726 e. The Balaban J connectivity index is -0.000000926. The van der Waals surface area contributed by atoms with Gasteiger partial charge in [-0.3, -0.25) is 8.37 Å². The largest absolute Gasteiger partial charge is 2.00 e. The molecule has 0 N–H and O–H groups in total. The molecule has 0 rings (SSSR count). The monoisotopic (exact) mass is 811 g/mol. The van der Waals surface area contributed by atoms with Gasteiger partial charge in [-0.2, -0.15) is 0 Å². The van der Waals surface area contributed by atoms with Crippen molar-refractivity contribution in [2.75, 3.05) is 39.6 Å². The standard InChI is InChI=1S/2C20H42O5S.Mg/c2*1-2-3-4-5-6-7-8-9-10-11-12-13-14-15-16-17-18-24-19-20-25-26(21,22)23;/h2*2-20H2,1H3,(H,21,22,23);/q;;+2/p-2. The van der Waals surface area contributed by atoms with E-state index in [1.54, 1.807) is 0 Å². The minimum Gasteiger partial charge on any atom is -0.726 e. The van der Waals surface area contributed by atoms with Gasteiger partial charge in [0, 0.05) is 13.2 Å². The van der Waals surface area contributed by atoms with E-state index in [1.165, 1.54) is 180 Å². The van der Waals surface area contributed by atoms with Gasteiger partial charge in [-0.1, -0.05) is 206 Å². The SMILES string of the molecule is CCCCCCCCCCCCCCCCCCOCCOS(=O)(=O)[O-].CCCCCCCCCCCCCCCCCCOCCOS(=O)(=O)[O-].[Mg+2]. The first-order chi connectivity index (χ1) is 25.1. The quantitative estimate of drug-likeness (QED) is 0.0252. The van der Waals surface area contributed by atoms with Crippen LogP contribution in [0.15, 0.2) is 0 Å². The molecule has 0 saturated heterocycles. The van der Waals surface area contributed by atoms with E-state index in [2.05, 4.69) is 22.2 Å². The molecule has 0 saturated carbocycles. The van der Waals surface area contributed by atoms with Crippen LogP contribution in [-0.2, 0) is 38.6 Å². The van der Waals surface area contributed by atoms with Crippen LogP contribution in [0.5, 0.6) is 0 Å². The first-order valence-corrected chi connectivity index (χ1v) is 24.1. The third-order valence-electron chi connectivity index (χ3n) is 9.20. The Morgan fingerprint density at radius 3 is 0.679 bits per heavy atom. The van der Waals surface area contributed by atoms with E-state index in [0.29, 0.717) is 13.2 Å². The van der Waals surface area contributed by atoms with E-state index in [-0.39, 0.29) is 49.5 Å². The van der Waals surface area contributed by atoms with Crippen LogP contribution in [0, 0.1) is 0 Å². The molecule has 0 aliphatic carbocycles. The molecule has 0 heterocycles. The fourth-order valence-corrected chi connectivity index (χ4v) is 6.64. The van der Waals surface area contributed by atoms with Crippen molar-refractivity contribution in [3.8, 4) is 0 Å². The van der Waals surface area contributed by atoms with Crippen molar-refractivity contribution in [2.24, 2.45) is 0 Å². The number of hydrogen-bond donors (Lipinski definition) is 0. The maximum Gasteiger partial charge on any atom is 2.00 e. The van der Waals surface area contributed by atoms with Crippen molar-refractivity contribution in [3.63, 3.8) is 0 Å². The van der Waals surface area contributed by atoms with E-state index in [4.69, 9.17) is 9.47 Å². The minimum absolute atomic E-state index is 0. The summed E-state index contributed by atoms with van der Waals surface area (Å²) in [4.78, 5) is 0. The number of unbranched alkanes of at least 4 members (excludes halogenated alkanes) is 30. The zero-order valence-electron chi connectivity index (χ0n) is 34.5. The summed E-state index contributed by atoms with van der Waals surface area (Å²) in [7, 11) is -9.16. The zero-order valence-corrected chi connectivity index (χ0v) is 37.5. The molecule has 0 spiro atoms. The Hall–Kier alpha value is 0.426. The van der Waals surface area contributed by atoms with Crippen LogP contribution in [0.2, 0.25) is 0 Å². The predicted molar refractivity (Wildman–Crippen MR) is 218 cm³/mol. The Labute approximate surface area is 344 Å². The Bertz CT molecular complexity index is 820. The number of ether oxygens (including phenoxy) is 2. The van der Waals surface area contributed by atoms with Crippen LogP contribution >= 0.6 is 0 Å². The molecule has 53 heavy (non-hydrogen) atoms. The van der Waals surface area contributed by atoms with Crippen molar-refractivity contribution >= 4 is 43.9 Å². The first kappa shape index (κ1) is 57.7. The third kappa shape index (κ3) is 61.8. The van der Waals surface area contributed by atoms with Gasteiger partial charge in [-0.15, -0.1) is 0 Å². The molecule has 0 radical (unpaired) electrons. The second-order valence-electron chi connectivity index (χ2n) is 14.3. The van der Waals surface area contributed by atoms with E-state index in [0.717, 1.165) is 25.7 Å². The van der Waals surface area contributed by atoms with Gasteiger partial charge in [0.15, 0.2) is 0 Å². The summed E-state index contributed by atoms with van der Waals surface area (Å²) in [6.45, 7) is 5.66. The molecule has 0 fully saturated rings. The number of hydrogen-bond acceptors (Lipinski definition) is 10. The van der Waals surface area contributed by atoms with E-state index in [1.807, 2.05) is 0 Å². The van der Waals surface area contributed by atoms with Crippen LogP contribution < -0.4 is 0 Å². The Kier molecular flexibility index (Phi) is 51.0. The van der Waals surface area contributed by atoms with Crippen molar-refractivity contribution in [1.29, 1.82) is 0 Å². The molecule has 0 aliphatic heterocycles.